The molecule has 0 spiro atoms. The molecule has 8 nitrogen and oxygen atoms in total. The Morgan fingerprint density at radius 3 is 2.62 bits per heavy atom. The van der Waals surface area contributed by atoms with Crippen LogP contribution in [0.4, 0.5) is 0 Å². The van der Waals surface area contributed by atoms with E-state index in [1.807, 2.05) is 64.8 Å². The fourth-order valence-corrected chi connectivity index (χ4v) is 4.46. The van der Waals surface area contributed by atoms with Crippen LogP contribution in [0.25, 0.3) is 16.7 Å². The first-order valence-corrected chi connectivity index (χ1v) is 10.9. The minimum atomic E-state index is -0.0695. The van der Waals surface area contributed by atoms with Gasteiger partial charge in [0.15, 0.2) is 5.82 Å². The molecule has 0 radical (unpaired) electrons. The summed E-state index contributed by atoms with van der Waals surface area (Å²) in [4.78, 5) is 29.9. The molecule has 0 bridgehead atoms. The Hall–Kier alpha value is -3.52. The third-order valence-corrected chi connectivity index (χ3v) is 6.20. The standard InChI is InChI=1S/C24H26N6O2/c1-17-9-10-20-19(15-17)23(32)27(2)24-26-25-21(30(20)24)16-28-11-6-12-29(14-13-28)22(31)18-7-4-3-5-8-18/h3-5,7-10,15H,6,11-14,16H2,1-2H3. The van der Waals surface area contributed by atoms with Crippen LogP contribution in [-0.2, 0) is 13.6 Å². The lowest BCUT2D eigenvalue weighted by atomic mass is 10.1. The number of hydrogen-bond acceptors (Lipinski definition) is 5. The van der Waals surface area contributed by atoms with E-state index in [-0.39, 0.29) is 11.5 Å². The van der Waals surface area contributed by atoms with Crippen molar-refractivity contribution >= 4 is 22.6 Å². The maximum Gasteiger partial charge on any atom is 0.262 e. The van der Waals surface area contributed by atoms with Crippen molar-refractivity contribution in [3.63, 3.8) is 0 Å². The van der Waals surface area contributed by atoms with Gasteiger partial charge in [0.2, 0.25) is 5.78 Å². The fraction of sp³-hybridized carbons (Fsp3) is 0.333. The predicted octanol–water partition coefficient (Wildman–Crippen LogP) is 2.24. The van der Waals surface area contributed by atoms with Gasteiger partial charge in [0, 0.05) is 38.8 Å². The molecule has 164 valence electrons. The molecule has 2 aromatic heterocycles. The molecule has 1 aliphatic rings. The lowest BCUT2D eigenvalue weighted by molar-refractivity contribution is 0.0761. The number of carbonyl (C=O) groups excluding carboxylic acids is 1. The summed E-state index contributed by atoms with van der Waals surface area (Å²) in [6.07, 6.45) is 0.897. The van der Waals surface area contributed by atoms with Gasteiger partial charge < -0.3 is 4.90 Å². The Morgan fingerprint density at radius 1 is 1.00 bits per heavy atom. The van der Waals surface area contributed by atoms with Crippen molar-refractivity contribution < 1.29 is 4.79 Å². The van der Waals surface area contributed by atoms with Gasteiger partial charge in [0.25, 0.3) is 11.5 Å². The summed E-state index contributed by atoms with van der Waals surface area (Å²) >= 11 is 0. The predicted molar refractivity (Wildman–Crippen MR) is 123 cm³/mol. The van der Waals surface area contributed by atoms with Crippen molar-refractivity contribution in [2.75, 3.05) is 26.2 Å². The van der Waals surface area contributed by atoms with Crippen LogP contribution < -0.4 is 5.56 Å². The van der Waals surface area contributed by atoms with E-state index in [4.69, 9.17) is 0 Å². The quantitative estimate of drug-likeness (QED) is 0.498. The summed E-state index contributed by atoms with van der Waals surface area (Å²) < 4.78 is 3.54. The smallest absolute Gasteiger partial charge is 0.262 e. The van der Waals surface area contributed by atoms with Crippen molar-refractivity contribution in [2.24, 2.45) is 7.05 Å². The summed E-state index contributed by atoms with van der Waals surface area (Å²) in [5.41, 5.74) is 2.52. The van der Waals surface area contributed by atoms with Gasteiger partial charge in [-0.3, -0.25) is 23.5 Å². The molecule has 0 unspecified atom stereocenters. The summed E-state index contributed by atoms with van der Waals surface area (Å²) in [6, 6.07) is 15.3. The number of carbonyl (C=O) groups is 1. The molecule has 8 heteroatoms. The molecule has 1 saturated heterocycles. The van der Waals surface area contributed by atoms with Gasteiger partial charge in [-0.25, -0.2) is 0 Å². The zero-order valence-corrected chi connectivity index (χ0v) is 18.4. The average Bonchev–Trinajstić information content (AvgIpc) is 3.08. The van der Waals surface area contributed by atoms with E-state index in [0.29, 0.717) is 24.3 Å². The van der Waals surface area contributed by atoms with Crippen LogP contribution in [0, 0.1) is 6.92 Å². The van der Waals surface area contributed by atoms with Crippen molar-refractivity contribution in [1.82, 2.24) is 29.0 Å². The molecule has 2 aromatic carbocycles. The monoisotopic (exact) mass is 430 g/mol. The second-order valence-corrected chi connectivity index (χ2v) is 8.42. The molecular formula is C24H26N6O2. The van der Waals surface area contributed by atoms with Crippen LogP contribution in [0.1, 0.15) is 28.2 Å². The van der Waals surface area contributed by atoms with Gasteiger partial charge in [-0.1, -0.05) is 29.8 Å². The van der Waals surface area contributed by atoms with Gasteiger partial charge >= 0.3 is 0 Å². The third kappa shape index (κ3) is 3.56. The average molecular weight is 431 g/mol. The zero-order chi connectivity index (χ0) is 22.2. The first kappa shape index (κ1) is 20.4. The third-order valence-electron chi connectivity index (χ3n) is 6.20. The maximum absolute atomic E-state index is 12.8. The first-order chi connectivity index (χ1) is 15.5. The molecule has 1 aliphatic heterocycles. The van der Waals surface area contributed by atoms with Crippen LogP contribution in [-0.4, -0.2) is 61.1 Å². The van der Waals surface area contributed by atoms with E-state index >= 15 is 0 Å². The number of benzene rings is 2. The van der Waals surface area contributed by atoms with Crippen LogP contribution in [0.3, 0.4) is 0 Å². The Bertz CT molecular complexity index is 1360. The largest absolute Gasteiger partial charge is 0.337 e. The number of rotatable bonds is 3. The first-order valence-electron chi connectivity index (χ1n) is 10.9. The van der Waals surface area contributed by atoms with E-state index in [1.54, 1.807) is 11.6 Å². The van der Waals surface area contributed by atoms with Crippen LogP contribution in [0.15, 0.2) is 53.3 Å². The van der Waals surface area contributed by atoms with Crippen molar-refractivity contribution in [1.29, 1.82) is 0 Å². The summed E-state index contributed by atoms with van der Waals surface area (Å²) in [7, 11) is 1.73. The molecule has 0 atom stereocenters. The number of fused-ring (bicyclic) bond motifs is 3. The van der Waals surface area contributed by atoms with E-state index in [1.165, 1.54) is 0 Å². The number of aromatic nitrogens is 4. The molecule has 1 fully saturated rings. The highest BCUT2D eigenvalue weighted by atomic mass is 16.2. The highest BCUT2D eigenvalue weighted by Gasteiger charge is 2.22. The minimum Gasteiger partial charge on any atom is -0.337 e. The van der Waals surface area contributed by atoms with E-state index < -0.39 is 0 Å². The number of nitrogens with zero attached hydrogens (tertiary/aromatic N) is 6. The van der Waals surface area contributed by atoms with Gasteiger partial charge in [0.1, 0.15) is 0 Å². The molecule has 5 rings (SSSR count). The number of hydrogen-bond donors (Lipinski definition) is 0. The SMILES string of the molecule is Cc1ccc2c(c1)c(=O)n(C)c1nnc(CN3CCCN(C(=O)c4ccccc4)CC3)n21. The van der Waals surface area contributed by atoms with Crippen LogP contribution >= 0.6 is 0 Å². The van der Waals surface area contributed by atoms with Gasteiger partial charge in [0.05, 0.1) is 17.4 Å². The molecule has 0 aliphatic carbocycles. The molecule has 1 amide bonds. The molecule has 3 heterocycles. The Balaban J connectivity index is 1.41. The molecule has 32 heavy (non-hydrogen) atoms. The minimum absolute atomic E-state index is 0.0695. The fourth-order valence-electron chi connectivity index (χ4n) is 4.46. The van der Waals surface area contributed by atoms with E-state index in [2.05, 4.69) is 15.1 Å². The topological polar surface area (TPSA) is 75.7 Å². The molecule has 0 N–H and O–H groups in total. The van der Waals surface area contributed by atoms with Gasteiger partial charge in [-0.2, -0.15) is 0 Å². The van der Waals surface area contributed by atoms with E-state index in [9.17, 15) is 9.59 Å². The number of aryl methyl sites for hydroxylation is 2. The van der Waals surface area contributed by atoms with Gasteiger partial charge in [-0.05, 0) is 37.6 Å². The van der Waals surface area contributed by atoms with E-state index in [0.717, 1.165) is 48.5 Å². The number of amides is 1. The van der Waals surface area contributed by atoms with Crippen LogP contribution in [0.5, 0.6) is 0 Å². The normalized spacial score (nSPS) is 15.4. The molecule has 0 saturated carbocycles. The Labute approximate surface area is 185 Å². The molecule has 4 aromatic rings. The van der Waals surface area contributed by atoms with Gasteiger partial charge in [-0.15, -0.1) is 10.2 Å². The Kier molecular flexibility index (Phi) is 5.22. The molecular weight excluding hydrogens is 404 g/mol. The second kappa shape index (κ2) is 8.20. The van der Waals surface area contributed by atoms with Crippen molar-refractivity contribution in [3.8, 4) is 0 Å². The maximum atomic E-state index is 12.8. The summed E-state index contributed by atoms with van der Waals surface area (Å²) in [6.45, 7) is 5.63. The van der Waals surface area contributed by atoms with Crippen molar-refractivity contribution in [3.05, 3.63) is 75.8 Å². The van der Waals surface area contributed by atoms with Crippen LogP contribution in [0.2, 0.25) is 0 Å². The van der Waals surface area contributed by atoms with Crippen molar-refractivity contribution in [2.45, 2.75) is 19.9 Å². The lowest BCUT2D eigenvalue weighted by Crippen LogP contribution is -2.35. The summed E-state index contributed by atoms with van der Waals surface area (Å²) in [5, 5.41) is 9.40. The highest BCUT2D eigenvalue weighted by molar-refractivity contribution is 5.94. The highest BCUT2D eigenvalue weighted by Crippen LogP contribution is 2.18. The second-order valence-electron chi connectivity index (χ2n) is 8.42. The zero-order valence-electron chi connectivity index (χ0n) is 18.4. The Morgan fingerprint density at radius 2 is 1.81 bits per heavy atom. The lowest BCUT2D eigenvalue weighted by Gasteiger charge is -2.21. The summed E-state index contributed by atoms with van der Waals surface area (Å²) in [5.74, 6) is 1.42.